The molecule has 5 rings (SSSR count). The fourth-order valence-electron chi connectivity index (χ4n) is 7.12. The molecule has 11 nitrogen and oxygen atoms in total. The van der Waals surface area contributed by atoms with Crippen molar-refractivity contribution in [2.75, 3.05) is 6.61 Å². The summed E-state index contributed by atoms with van der Waals surface area (Å²) in [6, 6.07) is 11.8. The Labute approximate surface area is 242 Å². The first-order valence-corrected chi connectivity index (χ1v) is 13.7. The molecule has 1 aromatic carbocycles. The van der Waals surface area contributed by atoms with Gasteiger partial charge in [-0.2, -0.15) is 0 Å². The van der Waals surface area contributed by atoms with E-state index in [0.717, 1.165) is 12.5 Å². The van der Waals surface area contributed by atoms with E-state index in [9.17, 15) is 29.4 Å². The Kier molecular flexibility index (Phi) is 7.41. The summed E-state index contributed by atoms with van der Waals surface area (Å²) in [6.07, 6.45) is -0.792. The van der Waals surface area contributed by atoms with E-state index in [0.29, 0.717) is 0 Å². The van der Waals surface area contributed by atoms with Gasteiger partial charge in [0.05, 0.1) is 29.5 Å². The molecular formula is C31H34O11. The van der Waals surface area contributed by atoms with Crippen molar-refractivity contribution in [1.29, 1.82) is 0 Å². The highest BCUT2D eigenvalue weighted by molar-refractivity contribution is 5.95. The molecule has 3 fully saturated rings. The lowest BCUT2D eigenvalue weighted by atomic mass is 9.46. The number of rotatable bonds is 7. The maximum absolute atomic E-state index is 14.2. The number of hydrogen-bond acceptors (Lipinski definition) is 11. The molecule has 2 bridgehead atoms. The van der Waals surface area contributed by atoms with Crippen molar-refractivity contribution in [3.63, 3.8) is 0 Å². The number of aliphatic hydroxyl groups is 2. The molecule has 1 saturated heterocycles. The summed E-state index contributed by atoms with van der Waals surface area (Å²) in [6.45, 7) is 5.05. The Bertz CT molecular complexity index is 1390. The molecule has 1 spiro atoms. The van der Waals surface area contributed by atoms with Gasteiger partial charge in [0.25, 0.3) is 0 Å². The van der Waals surface area contributed by atoms with E-state index in [-0.39, 0.29) is 18.6 Å². The molecule has 0 unspecified atom stereocenters. The number of fused-ring (bicyclic) bond motifs is 1. The third kappa shape index (κ3) is 4.47. The fourth-order valence-corrected chi connectivity index (χ4v) is 7.12. The average molecular weight is 583 g/mol. The van der Waals surface area contributed by atoms with Crippen LogP contribution in [0.25, 0.3) is 6.08 Å². The first kappa shape index (κ1) is 29.7. The number of benzene rings is 1. The lowest BCUT2D eigenvalue weighted by Gasteiger charge is -2.63. The molecule has 224 valence electrons. The zero-order chi connectivity index (χ0) is 30.5. The summed E-state index contributed by atoms with van der Waals surface area (Å²) in [5, 5.41) is 23.8. The number of carbonyl (C=O) groups excluding carboxylic acids is 4. The monoisotopic (exact) mass is 582 g/mol. The number of carbonyl (C=O) groups is 4. The summed E-state index contributed by atoms with van der Waals surface area (Å²) in [4.78, 5) is 52.9. The van der Waals surface area contributed by atoms with Crippen molar-refractivity contribution in [2.45, 2.75) is 75.7 Å². The summed E-state index contributed by atoms with van der Waals surface area (Å²) in [5.74, 6) is -4.75. The zero-order valence-corrected chi connectivity index (χ0v) is 23.8. The minimum atomic E-state index is -2.07. The Balaban J connectivity index is 1.67. The highest BCUT2D eigenvalue weighted by Gasteiger charge is 2.85. The lowest BCUT2D eigenvalue weighted by molar-refractivity contribution is -0.334. The van der Waals surface area contributed by atoms with Gasteiger partial charge in [-0.1, -0.05) is 30.3 Å². The molecule has 2 saturated carbocycles. The van der Waals surface area contributed by atoms with Gasteiger partial charge in [0.15, 0.2) is 11.9 Å². The highest BCUT2D eigenvalue weighted by Crippen LogP contribution is 2.67. The zero-order valence-electron chi connectivity index (χ0n) is 23.8. The summed E-state index contributed by atoms with van der Waals surface area (Å²) in [5.41, 5.74) is -6.61. The number of hydrogen-bond donors (Lipinski definition) is 2. The maximum atomic E-state index is 14.2. The van der Waals surface area contributed by atoms with Crippen LogP contribution >= 0.6 is 0 Å². The van der Waals surface area contributed by atoms with E-state index in [1.807, 2.05) is 6.07 Å². The van der Waals surface area contributed by atoms with Crippen molar-refractivity contribution in [2.24, 2.45) is 11.3 Å². The molecule has 0 amide bonds. The Morgan fingerprint density at radius 2 is 1.79 bits per heavy atom. The molecule has 42 heavy (non-hydrogen) atoms. The normalized spacial score (nSPS) is 35.0. The molecule has 1 aromatic heterocycles. The van der Waals surface area contributed by atoms with Gasteiger partial charge < -0.3 is 33.6 Å². The van der Waals surface area contributed by atoms with Gasteiger partial charge >= 0.3 is 17.9 Å². The third-order valence-electron chi connectivity index (χ3n) is 8.83. The average Bonchev–Trinajstić information content (AvgIpc) is 3.53. The molecule has 2 N–H and O–H groups in total. The second kappa shape index (κ2) is 10.5. The van der Waals surface area contributed by atoms with Crippen molar-refractivity contribution in [1.82, 2.24) is 0 Å². The van der Waals surface area contributed by atoms with Crippen LogP contribution in [0.1, 0.15) is 56.7 Å². The molecule has 1 aliphatic heterocycles. The van der Waals surface area contributed by atoms with Crippen molar-refractivity contribution >= 4 is 29.8 Å². The van der Waals surface area contributed by atoms with Crippen LogP contribution in [-0.2, 0) is 33.3 Å². The predicted molar refractivity (Wildman–Crippen MR) is 145 cm³/mol. The smallest absolute Gasteiger partial charge is 0.374 e. The van der Waals surface area contributed by atoms with Crippen molar-refractivity contribution < 1.29 is 52.8 Å². The minimum Gasteiger partial charge on any atom is -0.465 e. The largest absolute Gasteiger partial charge is 0.465 e. The van der Waals surface area contributed by atoms with Crippen molar-refractivity contribution in [3.05, 3.63) is 66.1 Å². The summed E-state index contributed by atoms with van der Waals surface area (Å²) < 4.78 is 28.9. The van der Waals surface area contributed by atoms with E-state index in [1.165, 1.54) is 37.5 Å². The van der Waals surface area contributed by atoms with E-state index < -0.39 is 76.7 Å². The van der Waals surface area contributed by atoms with Gasteiger partial charge in [-0.3, -0.25) is 9.59 Å². The Morgan fingerprint density at radius 1 is 1.07 bits per heavy atom. The summed E-state index contributed by atoms with van der Waals surface area (Å²) in [7, 11) is 0. The van der Waals surface area contributed by atoms with Gasteiger partial charge in [-0.15, -0.1) is 0 Å². The molecule has 7 atom stereocenters. The van der Waals surface area contributed by atoms with Crippen LogP contribution in [-0.4, -0.2) is 75.6 Å². The number of Topliss-reactive ketones (excluding diaryl/α,β-unsaturated/α-hetero) is 1. The van der Waals surface area contributed by atoms with Gasteiger partial charge in [0.1, 0.15) is 23.7 Å². The standard InChI is InChI=1S/C31H34O11/c1-18(32)39-17-30-21(40-22(33)13-12-19-9-6-5-7-10-19)14-15-29(4,37)31(30)25(35)23(28(2,3)42-31)24(34)26(30)41-27(36)20-11-8-16-38-20/h5-13,16,21,23,25-26,35,37H,14-15,17H2,1-4H3/t21-,23+,25+,26+,29-,30-,31+/m0/s1. The van der Waals surface area contributed by atoms with Crippen LogP contribution in [0.2, 0.25) is 0 Å². The van der Waals surface area contributed by atoms with Gasteiger partial charge in [0.2, 0.25) is 5.76 Å². The predicted octanol–water partition coefficient (Wildman–Crippen LogP) is 2.63. The Morgan fingerprint density at radius 3 is 2.43 bits per heavy atom. The molecule has 3 aliphatic rings. The van der Waals surface area contributed by atoms with E-state index in [2.05, 4.69) is 0 Å². The van der Waals surface area contributed by atoms with E-state index in [4.69, 9.17) is 23.4 Å². The van der Waals surface area contributed by atoms with Gasteiger partial charge in [-0.25, -0.2) is 9.59 Å². The van der Waals surface area contributed by atoms with E-state index >= 15 is 0 Å². The molecule has 11 heteroatoms. The van der Waals surface area contributed by atoms with Gasteiger partial charge in [0, 0.05) is 13.0 Å². The van der Waals surface area contributed by atoms with Gasteiger partial charge in [-0.05, 0) is 57.4 Å². The summed E-state index contributed by atoms with van der Waals surface area (Å²) >= 11 is 0. The SMILES string of the molecule is CC(=O)OC[C@@]12[C@@H](OC(=O)C=Cc3ccccc3)CC[C@](C)(O)[C@@]13OC(C)(C)[C@H](C(=O)[C@H]2OC(=O)c1ccco1)[C@H]3O. The van der Waals surface area contributed by atoms with Crippen LogP contribution < -0.4 is 0 Å². The second-order valence-corrected chi connectivity index (χ2v) is 11.8. The Hall–Kier alpha value is -3.80. The van der Waals surface area contributed by atoms with Crippen LogP contribution in [0, 0.1) is 11.3 Å². The number of ether oxygens (including phenoxy) is 4. The molecular weight excluding hydrogens is 548 g/mol. The third-order valence-corrected chi connectivity index (χ3v) is 8.83. The van der Waals surface area contributed by atoms with Crippen LogP contribution in [0.3, 0.4) is 0 Å². The topological polar surface area (TPSA) is 159 Å². The highest BCUT2D eigenvalue weighted by atomic mass is 16.6. The molecule has 2 heterocycles. The second-order valence-electron chi connectivity index (χ2n) is 11.8. The quantitative estimate of drug-likeness (QED) is 0.281. The van der Waals surface area contributed by atoms with Crippen LogP contribution in [0.4, 0.5) is 0 Å². The first-order valence-electron chi connectivity index (χ1n) is 13.7. The number of esters is 3. The molecule has 0 radical (unpaired) electrons. The van der Waals surface area contributed by atoms with Crippen LogP contribution in [0.15, 0.2) is 59.2 Å². The van der Waals surface area contributed by atoms with Crippen LogP contribution in [0.5, 0.6) is 0 Å². The number of ketones is 1. The fraction of sp³-hybridized carbons (Fsp3) is 0.484. The maximum Gasteiger partial charge on any atom is 0.374 e. The lowest BCUT2D eigenvalue weighted by Crippen LogP contribution is -2.82. The first-order chi connectivity index (χ1) is 19.8. The molecule has 2 aromatic rings. The number of furan rings is 1. The van der Waals surface area contributed by atoms with Crippen molar-refractivity contribution in [3.8, 4) is 0 Å². The number of aliphatic hydroxyl groups excluding tert-OH is 1. The minimum absolute atomic E-state index is 0.0257. The van der Waals surface area contributed by atoms with E-state index in [1.54, 1.807) is 38.1 Å². The molecule has 2 aliphatic carbocycles.